The topological polar surface area (TPSA) is 54.0 Å². The third-order valence-electron chi connectivity index (χ3n) is 4.89. The van der Waals surface area contributed by atoms with Crippen LogP contribution in [-0.4, -0.2) is 64.4 Å². The highest BCUT2D eigenvalue weighted by atomic mass is 16.5. The summed E-state index contributed by atoms with van der Waals surface area (Å²) in [7, 11) is 4.06. The fourth-order valence-electron chi connectivity index (χ4n) is 3.27. The Labute approximate surface area is 167 Å². The molecule has 150 valence electrons. The molecule has 0 saturated carbocycles. The van der Waals surface area contributed by atoms with E-state index in [-0.39, 0.29) is 18.6 Å². The van der Waals surface area contributed by atoms with Crippen molar-refractivity contribution in [2.45, 2.75) is 6.04 Å². The first-order chi connectivity index (χ1) is 13.6. The summed E-state index contributed by atoms with van der Waals surface area (Å²) >= 11 is 0. The normalized spacial score (nSPS) is 15.6. The number of carbonyl (C=O) groups is 1. The molecule has 0 aliphatic carbocycles. The average molecular weight is 383 g/mol. The van der Waals surface area contributed by atoms with Gasteiger partial charge in [0.25, 0.3) is 5.91 Å². The molecule has 0 radical (unpaired) electrons. The molecule has 1 atom stereocenters. The van der Waals surface area contributed by atoms with E-state index in [9.17, 15) is 4.79 Å². The van der Waals surface area contributed by atoms with Crippen LogP contribution in [0.15, 0.2) is 54.6 Å². The summed E-state index contributed by atoms with van der Waals surface area (Å²) in [6.07, 6.45) is 0. The van der Waals surface area contributed by atoms with E-state index in [1.54, 1.807) is 0 Å². The van der Waals surface area contributed by atoms with Crippen molar-refractivity contribution in [2.75, 3.05) is 58.5 Å². The van der Waals surface area contributed by atoms with E-state index in [0.29, 0.717) is 12.3 Å². The summed E-state index contributed by atoms with van der Waals surface area (Å²) < 4.78 is 11.0. The van der Waals surface area contributed by atoms with Gasteiger partial charge in [0, 0.05) is 39.4 Å². The minimum absolute atomic E-state index is 0.0133. The van der Waals surface area contributed by atoms with Gasteiger partial charge in [0.1, 0.15) is 5.75 Å². The van der Waals surface area contributed by atoms with Gasteiger partial charge in [-0.3, -0.25) is 9.69 Å². The molecule has 1 aliphatic rings. The summed E-state index contributed by atoms with van der Waals surface area (Å²) in [5.74, 6) is 0.577. The number of hydrogen-bond donors (Lipinski definition) is 1. The molecule has 0 aromatic heterocycles. The van der Waals surface area contributed by atoms with Crippen LogP contribution >= 0.6 is 0 Å². The van der Waals surface area contributed by atoms with E-state index < -0.39 is 0 Å². The molecular formula is C22H29N3O3. The highest BCUT2D eigenvalue weighted by Crippen LogP contribution is 2.23. The number of nitrogens with zero attached hydrogens (tertiary/aromatic N) is 2. The van der Waals surface area contributed by atoms with Gasteiger partial charge in [0.15, 0.2) is 6.61 Å². The first-order valence-electron chi connectivity index (χ1n) is 9.67. The Bertz CT molecular complexity index is 728. The second kappa shape index (κ2) is 10.1. The Balaban J connectivity index is 1.61. The third kappa shape index (κ3) is 5.71. The van der Waals surface area contributed by atoms with E-state index >= 15 is 0 Å². The molecule has 6 heteroatoms. The van der Waals surface area contributed by atoms with Crippen LogP contribution < -0.4 is 15.0 Å². The van der Waals surface area contributed by atoms with Crippen molar-refractivity contribution in [2.24, 2.45) is 0 Å². The fraction of sp³-hybridized carbons (Fsp3) is 0.409. The first-order valence-corrected chi connectivity index (χ1v) is 9.67. The predicted octanol–water partition coefficient (Wildman–Crippen LogP) is 2.32. The maximum Gasteiger partial charge on any atom is 0.258 e. The zero-order valence-electron chi connectivity index (χ0n) is 16.6. The lowest BCUT2D eigenvalue weighted by Crippen LogP contribution is -2.44. The standard InChI is InChI=1S/C22H29N3O3/c1-24(2)19-10-8-18(9-11-19)21(25-12-14-27-15-13-25)16-23-22(26)17-28-20-6-4-3-5-7-20/h3-11,21H,12-17H2,1-2H3,(H,23,26)/t21-/m0/s1. The van der Waals surface area contributed by atoms with Crippen LogP contribution in [0.5, 0.6) is 5.75 Å². The largest absolute Gasteiger partial charge is 0.484 e. The van der Waals surface area contributed by atoms with E-state index in [4.69, 9.17) is 9.47 Å². The number of para-hydroxylation sites is 1. The number of morpholine rings is 1. The molecular weight excluding hydrogens is 354 g/mol. The molecule has 1 amide bonds. The second-order valence-corrected chi connectivity index (χ2v) is 7.06. The van der Waals surface area contributed by atoms with Crippen molar-refractivity contribution >= 4 is 11.6 Å². The Hall–Kier alpha value is -2.57. The molecule has 28 heavy (non-hydrogen) atoms. The Kier molecular flexibility index (Phi) is 7.28. The van der Waals surface area contributed by atoms with Crippen molar-refractivity contribution < 1.29 is 14.3 Å². The van der Waals surface area contributed by atoms with Gasteiger partial charge in [0.05, 0.1) is 19.3 Å². The lowest BCUT2D eigenvalue weighted by atomic mass is 10.0. The Morgan fingerprint density at radius 3 is 2.43 bits per heavy atom. The van der Waals surface area contributed by atoms with Crippen LogP contribution in [0.1, 0.15) is 11.6 Å². The molecule has 0 bridgehead atoms. The monoisotopic (exact) mass is 383 g/mol. The third-order valence-corrected chi connectivity index (χ3v) is 4.89. The van der Waals surface area contributed by atoms with Crippen molar-refractivity contribution in [3.8, 4) is 5.75 Å². The van der Waals surface area contributed by atoms with Crippen molar-refractivity contribution in [3.05, 3.63) is 60.2 Å². The smallest absolute Gasteiger partial charge is 0.258 e. The number of carbonyl (C=O) groups excluding carboxylic acids is 1. The highest BCUT2D eigenvalue weighted by Gasteiger charge is 2.23. The van der Waals surface area contributed by atoms with Crippen LogP contribution in [-0.2, 0) is 9.53 Å². The molecule has 1 aliphatic heterocycles. The van der Waals surface area contributed by atoms with Gasteiger partial charge >= 0.3 is 0 Å². The maximum absolute atomic E-state index is 12.3. The van der Waals surface area contributed by atoms with E-state index in [1.807, 2.05) is 44.4 Å². The maximum atomic E-state index is 12.3. The summed E-state index contributed by atoms with van der Waals surface area (Å²) in [5, 5.41) is 3.03. The van der Waals surface area contributed by atoms with Crippen LogP contribution in [0.2, 0.25) is 0 Å². The van der Waals surface area contributed by atoms with Crippen molar-refractivity contribution in [3.63, 3.8) is 0 Å². The fourth-order valence-corrected chi connectivity index (χ4v) is 3.27. The molecule has 6 nitrogen and oxygen atoms in total. The van der Waals surface area contributed by atoms with Gasteiger partial charge in [-0.1, -0.05) is 30.3 Å². The van der Waals surface area contributed by atoms with Gasteiger partial charge in [-0.25, -0.2) is 0 Å². The first kappa shape index (κ1) is 20.2. The van der Waals surface area contributed by atoms with Gasteiger partial charge in [-0.05, 0) is 29.8 Å². The summed E-state index contributed by atoms with van der Waals surface area (Å²) in [6.45, 7) is 3.71. The molecule has 0 spiro atoms. The van der Waals surface area contributed by atoms with Gasteiger partial charge < -0.3 is 19.7 Å². The number of hydrogen-bond acceptors (Lipinski definition) is 5. The Morgan fingerprint density at radius 1 is 1.11 bits per heavy atom. The molecule has 3 rings (SSSR count). The minimum atomic E-state index is -0.118. The van der Waals surface area contributed by atoms with Crippen LogP contribution in [0.4, 0.5) is 5.69 Å². The highest BCUT2D eigenvalue weighted by molar-refractivity contribution is 5.77. The number of amides is 1. The van der Waals surface area contributed by atoms with Crippen LogP contribution in [0.3, 0.4) is 0 Å². The quantitative estimate of drug-likeness (QED) is 0.758. The molecule has 1 fully saturated rings. The lowest BCUT2D eigenvalue weighted by molar-refractivity contribution is -0.123. The van der Waals surface area contributed by atoms with E-state index in [2.05, 4.69) is 39.4 Å². The molecule has 1 saturated heterocycles. The van der Waals surface area contributed by atoms with Gasteiger partial charge in [-0.2, -0.15) is 0 Å². The number of nitrogens with one attached hydrogen (secondary N) is 1. The van der Waals surface area contributed by atoms with Gasteiger partial charge in [-0.15, -0.1) is 0 Å². The number of ether oxygens (including phenoxy) is 2. The Morgan fingerprint density at radius 2 is 1.79 bits per heavy atom. The second-order valence-electron chi connectivity index (χ2n) is 7.06. The van der Waals surface area contributed by atoms with E-state index in [1.165, 1.54) is 5.56 Å². The van der Waals surface area contributed by atoms with Crippen molar-refractivity contribution in [1.29, 1.82) is 0 Å². The van der Waals surface area contributed by atoms with E-state index in [0.717, 1.165) is 32.0 Å². The SMILES string of the molecule is CN(C)c1ccc([C@H](CNC(=O)COc2ccccc2)N2CCOCC2)cc1. The zero-order chi connectivity index (χ0) is 19.8. The van der Waals surface area contributed by atoms with Gasteiger partial charge in [0.2, 0.25) is 0 Å². The summed E-state index contributed by atoms with van der Waals surface area (Å²) in [6, 6.07) is 18.0. The number of rotatable bonds is 8. The predicted molar refractivity (Wildman–Crippen MR) is 111 cm³/mol. The molecule has 0 unspecified atom stereocenters. The zero-order valence-corrected chi connectivity index (χ0v) is 16.6. The molecule has 2 aromatic carbocycles. The minimum Gasteiger partial charge on any atom is -0.484 e. The number of benzene rings is 2. The van der Waals surface area contributed by atoms with Crippen molar-refractivity contribution in [1.82, 2.24) is 10.2 Å². The molecule has 1 heterocycles. The number of anilines is 1. The summed E-state index contributed by atoms with van der Waals surface area (Å²) in [4.78, 5) is 16.7. The average Bonchev–Trinajstić information content (AvgIpc) is 2.74. The summed E-state index contributed by atoms with van der Waals surface area (Å²) in [5.41, 5.74) is 2.35. The van der Waals surface area contributed by atoms with Crippen LogP contribution in [0, 0.1) is 0 Å². The lowest BCUT2D eigenvalue weighted by Gasteiger charge is -2.35. The molecule has 1 N–H and O–H groups in total. The molecule has 2 aromatic rings. The van der Waals surface area contributed by atoms with Crippen LogP contribution in [0.25, 0.3) is 0 Å².